The van der Waals surface area contributed by atoms with Crippen molar-refractivity contribution in [1.29, 1.82) is 0 Å². The van der Waals surface area contributed by atoms with Gasteiger partial charge in [0.15, 0.2) is 0 Å². The van der Waals surface area contributed by atoms with Crippen LogP contribution in [0, 0.1) is 5.82 Å². The SMILES string of the molecule is CC(NC[C@@H](C)O)c1ccc(F)cc1. The van der Waals surface area contributed by atoms with E-state index in [1.54, 1.807) is 19.1 Å². The molecule has 1 aromatic carbocycles. The maximum atomic E-state index is 12.6. The highest BCUT2D eigenvalue weighted by molar-refractivity contribution is 5.19. The zero-order valence-corrected chi connectivity index (χ0v) is 8.50. The van der Waals surface area contributed by atoms with E-state index in [-0.39, 0.29) is 18.0 Å². The topological polar surface area (TPSA) is 32.3 Å². The Bertz CT molecular complexity index is 271. The zero-order chi connectivity index (χ0) is 10.6. The van der Waals surface area contributed by atoms with Crippen LogP contribution in [-0.2, 0) is 0 Å². The highest BCUT2D eigenvalue weighted by Crippen LogP contribution is 2.12. The van der Waals surface area contributed by atoms with E-state index in [0.717, 1.165) is 5.56 Å². The minimum atomic E-state index is -0.363. The summed E-state index contributed by atoms with van der Waals surface area (Å²) in [6.45, 7) is 4.25. The fourth-order valence-corrected chi connectivity index (χ4v) is 1.22. The van der Waals surface area contributed by atoms with Gasteiger partial charge in [-0.25, -0.2) is 4.39 Å². The molecule has 0 bridgehead atoms. The highest BCUT2D eigenvalue weighted by atomic mass is 19.1. The van der Waals surface area contributed by atoms with E-state index < -0.39 is 0 Å². The summed E-state index contributed by atoms with van der Waals surface area (Å²) < 4.78 is 12.6. The normalized spacial score (nSPS) is 15.1. The van der Waals surface area contributed by atoms with Crippen LogP contribution in [0.4, 0.5) is 4.39 Å². The molecule has 0 radical (unpaired) electrons. The van der Waals surface area contributed by atoms with Crippen molar-refractivity contribution in [2.75, 3.05) is 6.54 Å². The van der Waals surface area contributed by atoms with Crippen LogP contribution in [0.5, 0.6) is 0 Å². The molecule has 1 rings (SSSR count). The van der Waals surface area contributed by atoms with E-state index in [1.807, 2.05) is 6.92 Å². The van der Waals surface area contributed by atoms with E-state index in [9.17, 15) is 4.39 Å². The number of hydrogen-bond acceptors (Lipinski definition) is 2. The molecule has 1 unspecified atom stereocenters. The van der Waals surface area contributed by atoms with Crippen LogP contribution in [0.1, 0.15) is 25.5 Å². The predicted octanol–water partition coefficient (Wildman–Crippen LogP) is 1.86. The van der Waals surface area contributed by atoms with Crippen LogP contribution in [0.25, 0.3) is 0 Å². The van der Waals surface area contributed by atoms with Gasteiger partial charge in [0.1, 0.15) is 5.82 Å². The third kappa shape index (κ3) is 3.44. The number of aliphatic hydroxyl groups is 1. The van der Waals surface area contributed by atoms with Crippen LogP contribution in [0.3, 0.4) is 0 Å². The molecular weight excluding hydrogens is 181 g/mol. The van der Waals surface area contributed by atoms with Crippen molar-refractivity contribution in [2.45, 2.75) is 26.0 Å². The summed E-state index contributed by atoms with van der Waals surface area (Å²) in [6.07, 6.45) is -0.363. The second kappa shape index (κ2) is 5.08. The van der Waals surface area contributed by atoms with E-state index >= 15 is 0 Å². The second-order valence-electron chi connectivity index (χ2n) is 3.53. The fraction of sp³-hybridized carbons (Fsp3) is 0.455. The molecule has 1 aromatic rings. The van der Waals surface area contributed by atoms with E-state index in [4.69, 9.17) is 5.11 Å². The monoisotopic (exact) mass is 197 g/mol. The predicted molar refractivity (Wildman–Crippen MR) is 54.5 cm³/mol. The molecule has 0 aromatic heterocycles. The van der Waals surface area contributed by atoms with Crippen molar-refractivity contribution in [1.82, 2.24) is 5.32 Å². The van der Waals surface area contributed by atoms with Crippen molar-refractivity contribution in [2.24, 2.45) is 0 Å². The largest absolute Gasteiger partial charge is 0.392 e. The Hall–Kier alpha value is -0.930. The Labute approximate surface area is 83.8 Å². The molecule has 0 fully saturated rings. The number of aliphatic hydroxyl groups excluding tert-OH is 1. The third-order valence-corrected chi connectivity index (χ3v) is 2.09. The van der Waals surface area contributed by atoms with Gasteiger partial charge in [-0.2, -0.15) is 0 Å². The first-order valence-corrected chi connectivity index (χ1v) is 4.76. The number of halogens is 1. The number of nitrogens with one attached hydrogen (secondary N) is 1. The lowest BCUT2D eigenvalue weighted by molar-refractivity contribution is 0.187. The molecule has 0 heterocycles. The van der Waals surface area contributed by atoms with Gasteiger partial charge in [0.25, 0.3) is 0 Å². The van der Waals surface area contributed by atoms with Crippen molar-refractivity contribution in [3.8, 4) is 0 Å². The molecular formula is C11H16FNO. The van der Waals surface area contributed by atoms with Crippen LogP contribution < -0.4 is 5.32 Å². The first kappa shape index (κ1) is 11.1. The maximum Gasteiger partial charge on any atom is 0.123 e. The van der Waals surface area contributed by atoms with Gasteiger partial charge in [-0.05, 0) is 31.5 Å². The quantitative estimate of drug-likeness (QED) is 0.772. The van der Waals surface area contributed by atoms with Gasteiger partial charge in [0.2, 0.25) is 0 Å². The van der Waals surface area contributed by atoms with Crippen molar-refractivity contribution >= 4 is 0 Å². The molecule has 78 valence electrons. The van der Waals surface area contributed by atoms with Crippen LogP contribution in [0.2, 0.25) is 0 Å². The molecule has 0 amide bonds. The molecule has 2 atom stereocenters. The lowest BCUT2D eigenvalue weighted by Crippen LogP contribution is -2.27. The van der Waals surface area contributed by atoms with E-state index in [2.05, 4.69) is 5.32 Å². The molecule has 0 aliphatic heterocycles. The molecule has 2 N–H and O–H groups in total. The zero-order valence-electron chi connectivity index (χ0n) is 8.50. The summed E-state index contributed by atoms with van der Waals surface area (Å²) in [4.78, 5) is 0. The number of hydrogen-bond donors (Lipinski definition) is 2. The van der Waals surface area contributed by atoms with E-state index in [0.29, 0.717) is 6.54 Å². The molecule has 0 aliphatic rings. The Morgan fingerprint density at radius 2 is 1.86 bits per heavy atom. The molecule has 0 saturated heterocycles. The smallest absolute Gasteiger partial charge is 0.123 e. The summed E-state index contributed by atoms with van der Waals surface area (Å²) in [6, 6.07) is 6.50. The summed E-state index contributed by atoms with van der Waals surface area (Å²) in [5.74, 6) is -0.225. The first-order valence-electron chi connectivity index (χ1n) is 4.76. The van der Waals surface area contributed by atoms with Gasteiger partial charge in [-0.15, -0.1) is 0 Å². The maximum absolute atomic E-state index is 12.6. The van der Waals surface area contributed by atoms with Crippen molar-refractivity contribution < 1.29 is 9.50 Å². The molecule has 14 heavy (non-hydrogen) atoms. The van der Waals surface area contributed by atoms with Crippen molar-refractivity contribution in [3.05, 3.63) is 35.6 Å². The average molecular weight is 197 g/mol. The lowest BCUT2D eigenvalue weighted by atomic mass is 10.1. The first-order chi connectivity index (χ1) is 6.59. The van der Waals surface area contributed by atoms with Crippen molar-refractivity contribution in [3.63, 3.8) is 0 Å². The fourth-order valence-electron chi connectivity index (χ4n) is 1.22. The Kier molecular flexibility index (Phi) is 4.04. The van der Waals surface area contributed by atoms with E-state index in [1.165, 1.54) is 12.1 Å². The third-order valence-electron chi connectivity index (χ3n) is 2.09. The standard InChI is InChI=1S/C11H16FNO/c1-8(14)7-13-9(2)10-3-5-11(12)6-4-10/h3-6,8-9,13-14H,7H2,1-2H3/t8-,9?/m1/s1. The number of rotatable bonds is 4. The van der Waals surface area contributed by atoms with Gasteiger partial charge in [0, 0.05) is 12.6 Å². The van der Waals surface area contributed by atoms with Crippen LogP contribution >= 0.6 is 0 Å². The molecule has 0 spiro atoms. The van der Waals surface area contributed by atoms with Crippen LogP contribution in [-0.4, -0.2) is 17.8 Å². The Morgan fingerprint density at radius 1 is 1.29 bits per heavy atom. The number of benzene rings is 1. The summed E-state index contributed by atoms with van der Waals surface area (Å²) in [7, 11) is 0. The Balaban J connectivity index is 2.52. The molecule has 2 nitrogen and oxygen atoms in total. The average Bonchev–Trinajstić information content (AvgIpc) is 2.15. The van der Waals surface area contributed by atoms with Crippen LogP contribution in [0.15, 0.2) is 24.3 Å². The van der Waals surface area contributed by atoms with Gasteiger partial charge in [-0.3, -0.25) is 0 Å². The minimum Gasteiger partial charge on any atom is -0.392 e. The summed E-state index contributed by atoms with van der Waals surface area (Å²) in [5.41, 5.74) is 1.02. The second-order valence-corrected chi connectivity index (χ2v) is 3.53. The lowest BCUT2D eigenvalue weighted by Gasteiger charge is -2.15. The van der Waals surface area contributed by atoms with Gasteiger partial charge in [0.05, 0.1) is 6.10 Å². The van der Waals surface area contributed by atoms with Gasteiger partial charge >= 0.3 is 0 Å². The molecule has 0 aliphatic carbocycles. The van der Waals surface area contributed by atoms with Gasteiger partial charge < -0.3 is 10.4 Å². The van der Waals surface area contributed by atoms with Gasteiger partial charge in [-0.1, -0.05) is 12.1 Å². The summed E-state index contributed by atoms with van der Waals surface area (Å²) >= 11 is 0. The Morgan fingerprint density at radius 3 is 2.36 bits per heavy atom. The molecule has 3 heteroatoms. The molecule has 0 saturated carbocycles. The minimum absolute atomic E-state index is 0.130. The highest BCUT2D eigenvalue weighted by Gasteiger charge is 2.05. The summed E-state index contributed by atoms with van der Waals surface area (Å²) in [5, 5.41) is 12.2.